The second-order valence-corrected chi connectivity index (χ2v) is 6.76. The molecule has 1 atom stereocenters. The molecule has 2 heterocycles. The van der Waals surface area contributed by atoms with E-state index in [-0.39, 0.29) is 23.9 Å². The van der Waals surface area contributed by atoms with Crippen LogP contribution < -0.4 is 0 Å². The Hall–Kier alpha value is -1.56. The van der Waals surface area contributed by atoms with Crippen molar-refractivity contribution in [3.8, 4) is 0 Å². The third-order valence-corrected chi connectivity index (χ3v) is 5.01. The second kappa shape index (κ2) is 7.13. The summed E-state index contributed by atoms with van der Waals surface area (Å²) in [6, 6.07) is 5.71. The van der Waals surface area contributed by atoms with Crippen molar-refractivity contribution in [3.05, 3.63) is 35.4 Å². The number of piperidine rings is 1. The number of carbonyl (C=O) groups excluding carboxylic acids is 1. The largest absolute Gasteiger partial charge is 0.416 e. The molecule has 132 valence electrons. The SMILES string of the molecule is O=C(C1CCN(Cc2ccccc2C(F)(F)F)C1)N1CCCCC1. The van der Waals surface area contributed by atoms with Gasteiger partial charge in [0.05, 0.1) is 11.5 Å². The van der Waals surface area contributed by atoms with Crippen LogP contribution in [0.15, 0.2) is 24.3 Å². The average Bonchev–Trinajstić information content (AvgIpc) is 3.03. The summed E-state index contributed by atoms with van der Waals surface area (Å²) >= 11 is 0. The summed E-state index contributed by atoms with van der Waals surface area (Å²) in [4.78, 5) is 16.4. The third-order valence-electron chi connectivity index (χ3n) is 5.01. The van der Waals surface area contributed by atoms with Crippen LogP contribution in [0, 0.1) is 5.92 Å². The number of rotatable bonds is 3. The van der Waals surface area contributed by atoms with Crippen molar-refractivity contribution in [2.75, 3.05) is 26.2 Å². The number of hydrogen-bond donors (Lipinski definition) is 0. The molecule has 0 aliphatic carbocycles. The lowest BCUT2D eigenvalue weighted by atomic mass is 10.0. The molecule has 0 radical (unpaired) electrons. The van der Waals surface area contributed by atoms with E-state index in [0.29, 0.717) is 13.1 Å². The van der Waals surface area contributed by atoms with Crippen molar-refractivity contribution in [2.24, 2.45) is 5.92 Å². The number of benzene rings is 1. The first-order valence-corrected chi connectivity index (χ1v) is 8.61. The minimum absolute atomic E-state index is 0.0684. The molecule has 3 nitrogen and oxygen atoms in total. The molecule has 24 heavy (non-hydrogen) atoms. The molecule has 1 unspecified atom stereocenters. The summed E-state index contributed by atoms with van der Waals surface area (Å²) in [5.41, 5.74) is -0.285. The highest BCUT2D eigenvalue weighted by atomic mass is 19.4. The van der Waals surface area contributed by atoms with Gasteiger partial charge in [0.25, 0.3) is 0 Å². The molecule has 2 aliphatic heterocycles. The minimum Gasteiger partial charge on any atom is -0.342 e. The molecular weight excluding hydrogens is 317 g/mol. The predicted octanol–water partition coefficient (Wildman–Crippen LogP) is 3.54. The van der Waals surface area contributed by atoms with E-state index in [2.05, 4.69) is 0 Å². The number of likely N-dealkylation sites (tertiary alicyclic amines) is 2. The van der Waals surface area contributed by atoms with Gasteiger partial charge < -0.3 is 4.90 Å². The zero-order chi connectivity index (χ0) is 17.2. The quantitative estimate of drug-likeness (QED) is 0.840. The van der Waals surface area contributed by atoms with Gasteiger partial charge in [0.1, 0.15) is 0 Å². The molecular formula is C18H23F3N2O. The molecule has 1 aromatic rings. The van der Waals surface area contributed by atoms with Gasteiger partial charge in [0, 0.05) is 26.2 Å². The van der Waals surface area contributed by atoms with Crippen LogP contribution in [0.2, 0.25) is 0 Å². The first-order chi connectivity index (χ1) is 11.4. The van der Waals surface area contributed by atoms with Crippen LogP contribution >= 0.6 is 0 Å². The van der Waals surface area contributed by atoms with Gasteiger partial charge in [-0.25, -0.2) is 0 Å². The average molecular weight is 340 g/mol. The Morgan fingerprint density at radius 2 is 1.79 bits per heavy atom. The lowest BCUT2D eigenvalue weighted by Crippen LogP contribution is -2.40. The van der Waals surface area contributed by atoms with Crippen molar-refractivity contribution < 1.29 is 18.0 Å². The van der Waals surface area contributed by atoms with Crippen LogP contribution in [0.5, 0.6) is 0 Å². The molecule has 1 amide bonds. The van der Waals surface area contributed by atoms with Gasteiger partial charge >= 0.3 is 6.18 Å². The summed E-state index contributed by atoms with van der Waals surface area (Å²) in [6.45, 7) is 3.13. The predicted molar refractivity (Wildman–Crippen MR) is 85.3 cm³/mol. The summed E-state index contributed by atoms with van der Waals surface area (Å²) in [7, 11) is 0. The van der Waals surface area contributed by atoms with Crippen molar-refractivity contribution in [1.29, 1.82) is 0 Å². The number of amides is 1. The highest BCUT2D eigenvalue weighted by molar-refractivity contribution is 5.79. The van der Waals surface area contributed by atoms with Crippen molar-refractivity contribution in [2.45, 2.75) is 38.4 Å². The van der Waals surface area contributed by atoms with E-state index in [9.17, 15) is 18.0 Å². The monoisotopic (exact) mass is 340 g/mol. The van der Waals surface area contributed by atoms with E-state index in [4.69, 9.17) is 0 Å². The zero-order valence-corrected chi connectivity index (χ0v) is 13.7. The lowest BCUT2D eigenvalue weighted by Gasteiger charge is -2.29. The Labute approximate surface area is 140 Å². The third kappa shape index (κ3) is 3.91. The van der Waals surface area contributed by atoms with Crippen molar-refractivity contribution >= 4 is 5.91 Å². The highest BCUT2D eigenvalue weighted by Crippen LogP contribution is 2.33. The zero-order valence-electron chi connectivity index (χ0n) is 13.7. The Morgan fingerprint density at radius 1 is 1.08 bits per heavy atom. The van der Waals surface area contributed by atoms with Gasteiger partial charge in [-0.05, 0) is 43.9 Å². The molecule has 0 saturated carbocycles. The first-order valence-electron chi connectivity index (χ1n) is 8.61. The molecule has 0 N–H and O–H groups in total. The van der Waals surface area contributed by atoms with Crippen molar-refractivity contribution in [3.63, 3.8) is 0 Å². The number of nitrogens with zero attached hydrogens (tertiary/aromatic N) is 2. The molecule has 0 spiro atoms. The van der Waals surface area contributed by atoms with E-state index in [1.54, 1.807) is 6.07 Å². The smallest absolute Gasteiger partial charge is 0.342 e. The molecule has 1 aromatic carbocycles. The molecule has 0 aromatic heterocycles. The molecule has 3 rings (SSSR count). The molecule has 0 bridgehead atoms. The molecule has 2 saturated heterocycles. The van der Waals surface area contributed by atoms with Gasteiger partial charge in [-0.2, -0.15) is 13.2 Å². The Balaban J connectivity index is 1.62. The van der Waals surface area contributed by atoms with Gasteiger partial charge in [-0.3, -0.25) is 9.69 Å². The van der Waals surface area contributed by atoms with E-state index in [0.717, 1.165) is 38.4 Å². The first kappa shape index (κ1) is 17.3. The van der Waals surface area contributed by atoms with Crippen LogP contribution in [-0.2, 0) is 17.5 Å². The maximum absolute atomic E-state index is 13.1. The van der Waals surface area contributed by atoms with Crippen LogP contribution in [0.3, 0.4) is 0 Å². The summed E-state index contributed by atoms with van der Waals surface area (Å²) in [5.74, 6) is 0.113. The Bertz CT molecular complexity index is 582. The van der Waals surface area contributed by atoms with E-state index < -0.39 is 11.7 Å². The van der Waals surface area contributed by atoms with Gasteiger partial charge in [-0.1, -0.05) is 18.2 Å². The normalized spacial score (nSPS) is 22.8. The number of carbonyl (C=O) groups is 1. The van der Waals surface area contributed by atoms with Gasteiger partial charge in [0.15, 0.2) is 0 Å². The molecule has 2 aliphatic rings. The number of hydrogen-bond acceptors (Lipinski definition) is 2. The summed E-state index contributed by atoms with van der Waals surface area (Å²) in [6.07, 6.45) is -0.306. The summed E-state index contributed by atoms with van der Waals surface area (Å²) < 4.78 is 39.3. The minimum atomic E-state index is -4.33. The summed E-state index contributed by atoms with van der Waals surface area (Å²) in [5, 5.41) is 0. The molecule has 2 fully saturated rings. The fourth-order valence-corrected chi connectivity index (χ4v) is 3.73. The Kier molecular flexibility index (Phi) is 5.13. The van der Waals surface area contributed by atoms with Crippen LogP contribution in [0.25, 0.3) is 0 Å². The highest BCUT2D eigenvalue weighted by Gasteiger charge is 2.35. The lowest BCUT2D eigenvalue weighted by molar-refractivity contribution is -0.139. The number of alkyl halides is 3. The van der Waals surface area contributed by atoms with E-state index in [1.165, 1.54) is 18.6 Å². The Morgan fingerprint density at radius 3 is 2.50 bits per heavy atom. The topological polar surface area (TPSA) is 23.6 Å². The van der Waals surface area contributed by atoms with Crippen LogP contribution in [0.1, 0.15) is 36.8 Å². The number of halogens is 3. The van der Waals surface area contributed by atoms with Gasteiger partial charge in [-0.15, -0.1) is 0 Å². The van der Waals surface area contributed by atoms with Crippen LogP contribution in [0.4, 0.5) is 13.2 Å². The fraction of sp³-hybridized carbons (Fsp3) is 0.611. The standard InChI is InChI=1S/C18H23F3N2O/c19-18(20,21)16-7-3-2-6-14(16)12-22-11-8-15(13-22)17(24)23-9-4-1-5-10-23/h2-3,6-7,15H,1,4-5,8-13H2. The fourth-order valence-electron chi connectivity index (χ4n) is 3.73. The second-order valence-electron chi connectivity index (χ2n) is 6.76. The van der Waals surface area contributed by atoms with E-state index >= 15 is 0 Å². The van der Waals surface area contributed by atoms with E-state index in [1.807, 2.05) is 9.80 Å². The maximum atomic E-state index is 13.1. The maximum Gasteiger partial charge on any atom is 0.416 e. The van der Waals surface area contributed by atoms with Crippen molar-refractivity contribution in [1.82, 2.24) is 9.80 Å². The van der Waals surface area contributed by atoms with Gasteiger partial charge in [0.2, 0.25) is 5.91 Å². The van der Waals surface area contributed by atoms with Crippen LogP contribution in [-0.4, -0.2) is 41.9 Å². The molecule has 6 heteroatoms.